The Bertz CT molecular complexity index is 646. The fraction of sp³-hybridized carbons (Fsp3) is 0.500. The minimum atomic E-state index is -1.02. The Hall–Kier alpha value is -2.57. The van der Waals surface area contributed by atoms with Crippen LogP contribution in [0.2, 0.25) is 0 Å². The molecule has 136 valence electrons. The fourth-order valence-corrected chi connectivity index (χ4v) is 3.14. The molecule has 1 aliphatic rings. The maximum absolute atomic E-state index is 12.6. The van der Waals surface area contributed by atoms with E-state index in [9.17, 15) is 19.5 Å². The Labute approximate surface area is 147 Å². The summed E-state index contributed by atoms with van der Waals surface area (Å²) in [7, 11) is 3.12. The van der Waals surface area contributed by atoms with E-state index in [0.717, 1.165) is 5.56 Å². The summed E-state index contributed by atoms with van der Waals surface area (Å²) in [4.78, 5) is 37.2. The number of carbonyl (C=O) groups excluding carboxylic acids is 2. The minimum absolute atomic E-state index is 0.146. The van der Waals surface area contributed by atoms with Gasteiger partial charge in [-0.05, 0) is 37.0 Å². The predicted octanol–water partition coefficient (Wildman–Crippen LogP) is 1.07. The third kappa shape index (κ3) is 4.71. The lowest BCUT2D eigenvalue weighted by Gasteiger charge is -2.36. The maximum Gasteiger partial charge on any atom is 0.326 e. The van der Waals surface area contributed by atoms with E-state index in [1.807, 2.05) is 24.3 Å². The largest absolute Gasteiger partial charge is 0.497 e. The second-order valence-corrected chi connectivity index (χ2v) is 6.14. The predicted molar refractivity (Wildman–Crippen MR) is 91.2 cm³/mol. The molecule has 2 amide bonds. The molecule has 2 atom stereocenters. The molecule has 0 bridgehead atoms. The normalized spacial score (nSPS) is 20.0. The number of ether oxygens (including phenoxy) is 1. The highest BCUT2D eigenvalue weighted by Crippen LogP contribution is 2.24. The molecule has 0 radical (unpaired) electrons. The smallest absolute Gasteiger partial charge is 0.326 e. The number of aliphatic carboxylic acids is 1. The van der Waals surface area contributed by atoms with E-state index < -0.39 is 12.0 Å². The summed E-state index contributed by atoms with van der Waals surface area (Å²) >= 11 is 0. The van der Waals surface area contributed by atoms with E-state index in [2.05, 4.69) is 5.32 Å². The van der Waals surface area contributed by atoms with E-state index in [4.69, 9.17) is 4.74 Å². The van der Waals surface area contributed by atoms with Crippen molar-refractivity contribution in [2.45, 2.75) is 31.7 Å². The van der Waals surface area contributed by atoms with Gasteiger partial charge in [0.15, 0.2) is 0 Å². The summed E-state index contributed by atoms with van der Waals surface area (Å²) in [5, 5.41) is 12.0. The molecule has 1 fully saturated rings. The molecule has 0 unspecified atom stereocenters. The molecule has 1 aromatic rings. The Balaban J connectivity index is 2.04. The lowest BCUT2D eigenvalue weighted by atomic mass is 9.91. The van der Waals surface area contributed by atoms with E-state index in [-0.39, 0.29) is 37.1 Å². The monoisotopic (exact) mass is 348 g/mol. The molecule has 0 aliphatic carbocycles. The number of benzene rings is 1. The van der Waals surface area contributed by atoms with Crippen LogP contribution in [-0.4, -0.2) is 54.5 Å². The molecule has 7 nitrogen and oxygen atoms in total. The van der Waals surface area contributed by atoms with Gasteiger partial charge in [-0.25, -0.2) is 4.79 Å². The molecule has 7 heteroatoms. The number of hydrogen-bond acceptors (Lipinski definition) is 4. The number of hydrogen-bond donors (Lipinski definition) is 2. The first-order valence-electron chi connectivity index (χ1n) is 8.33. The van der Waals surface area contributed by atoms with Crippen molar-refractivity contribution >= 4 is 17.8 Å². The van der Waals surface area contributed by atoms with Gasteiger partial charge in [-0.3, -0.25) is 9.59 Å². The summed E-state index contributed by atoms with van der Waals surface area (Å²) in [5.74, 6) is -1.07. The number of aryl methyl sites for hydroxylation is 1. The molecule has 1 saturated heterocycles. The molecule has 25 heavy (non-hydrogen) atoms. The molecule has 1 heterocycles. The minimum Gasteiger partial charge on any atom is -0.497 e. The van der Waals surface area contributed by atoms with Crippen molar-refractivity contribution in [1.82, 2.24) is 10.2 Å². The summed E-state index contributed by atoms with van der Waals surface area (Å²) < 4.78 is 5.16. The lowest BCUT2D eigenvalue weighted by Crippen LogP contribution is -2.53. The number of methoxy groups -OCH3 is 1. The van der Waals surface area contributed by atoms with Gasteiger partial charge in [-0.15, -0.1) is 0 Å². The number of piperidine rings is 1. The summed E-state index contributed by atoms with van der Waals surface area (Å²) in [6.45, 7) is 0.146. The van der Waals surface area contributed by atoms with Crippen LogP contribution in [0.15, 0.2) is 24.3 Å². The first-order valence-corrected chi connectivity index (χ1v) is 8.33. The number of carboxylic acid groups (broad SMARTS) is 1. The summed E-state index contributed by atoms with van der Waals surface area (Å²) in [5.41, 5.74) is 0.944. The second kappa shape index (κ2) is 8.50. The number of carboxylic acids is 1. The second-order valence-electron chi connectivity index (χ2n) is 6.14. The Morgan fingerprint density at radius 3 is 2.72 bits per heavy atom. The van der Waals surface area contributed by atoms with Crippen molar-refractivity contribution in [2.24, 2.45) is 5.92 Å². The molecule has 1 aromatic carbocycles. The van der Waals surface area contributed by atoms with Crippen molar-refractivity contribution < 1.29 is 24.2 Å². The zero-order chi connectivity index (χ0) is 18.4. The van der Waals surface area contributed by atoms with Crippen LogP contribution in [0.25, 0.3) is 0 Å². The molecule has 2 rings (SSSR count). The van der Waals surface area contributed by atoms with Gasteiger partial charge in [-0.2, -0.15) is 0 Å². The van der Waals surface area contributed by atoms with Gasteiger partial charge >= 0.3 is 5.97 Å². The van der Waals surface area contributed by atoms with Crippen LogP contribution in [0.1, 0.15) is 24.8 Å². The van der Waals surface area contributed by atoms with Gasteiger partial charge in [-0.1, -0.05) is 12.1 Å². The molecule has 2 N–H and O–H groups in total. The third-order valence-electron chi connectivity index (χ3n) is 4.57. The molecular formula is C18H24N2O5. The van der Waals surface area contributed by atoms with Gasteiger partial charge in [0.2, 0.25) is 11.8 Å². The summed E-state index contributed by atoms with van der Waals surface area (Å²) in [6.07, 6.45) is 1.44. The van der Waals surface area contributed by atoms with Gasteiger partial charge in [0, 0.05) is 20.0 Å². The Morgan fingerprint density at radius 2 is 2.08 bits per heavy atom. The number of likely N-dealkylation sites (tertiary alicyclic amines) is 1. The van der Waals surface area contributed by atoms with Crippen molar-refractivity contribution in [1.29, 1.82) is 0 Å². The third-order valence-corrected chi connectivity index (χ3v) is 4.57. The highest BCUT2D eigenvalue weighted by molar-refractivity contribution is 5.86. The van der Waals surface area contributed by atoms with E-state index in [1.54, 1.807) is 14.2 Å². The van der Waals surface area contributed by atoms with Crippen molar-refractivity contribution in [2.75, 3.05) is 20.7 Å². The number of nitrogens with one attached hydrogen (secondary N) is 1. The van der Waals surface area contributed by atoms with Gasteiger partial charge < -0.3 is 20.1 Å². The average Bonchev–Trinajstić information content (AvgIpc) is 2.64. The molecule has 0 saturated carbocycles. The van der Waals surface area contributed by atoms with E-state index in [0.29, 0.717) is 18.6 Å². The highest BCUT2D eigenvalue weighted by Gasteiger charge is 2.37. The number of rotatable bonds is 6. The van der Waals surface area contributed by atoms with Crippen molar-refractivity contribution in [3.05, 3.63) is 29.8 Å². The Morgan fingerprint density at radius 1 is 1.32 bits per heavy atom. The highest BCUT2D eigenvalue weighted by atomic mass is 16.5. The van der Waals surface area contributed by atoms with Crippen LogP contribution in [0.3, 0.4) is 0 Å². The van der Waals surface area contributed by atoms with Gasteiger partial charge in [0.05, 0.1) is 13.0 Å². The van der Waals surface area contributed by atoms with Crippen LogP contribution in [0, 0.1) is 5.92 Å². The SMILES string of the molecule is CNC(=O)[C@H]1CC[C@@H](C(=O)O)N(C(=O)CCc2cccc(OC)c2)C1. The quantitative estimate of drug-likeness (QED) is 0.802. The van der Waals surface area contributed by atoms with Gasteiger partial charge in [0.25, 0.3) is 0 Å². The molecular weight excluding hydrogens is 324 g/mol. The fourth-order valence-electron chi connectivity index (χ4n) is 3.14. The number of carbonyl (C=O) groups is 3. The number of nitrogens with zero attached hydrogens (tertiary/aromatic N) is 1. The lowest BCUT2D eigenvalue weighted by molar-refractivity contribution is -0.154. The van der Waals surface area contributed by atoms with Crippen molar-refractivity contribution in [3.8, 4) is 5.75 Å². The first kappa shape index (κ1) is 18.8. The topological polar surface area (TPSA) is 95.9 Å². The Kier molecular flexibility index (Phi) is 6.38. The molecule has 1 aliphatic heterocycles. The number of amides is 2. The van der Waals surface area contributed by atoms with Crippen LogP contribution >= 0.6 is 0 Å². The standard InChI is InChI=1S/C18H24N2O5/c1-19-17(22)13-7-8-15(18(23)24)20(11-13)16(21)9-6-12-4-3-5-14(10-12)25-2/h3-5,10,13,15H,6-9,11H2,1-2H3,(H,19,22)(H,23,24)/t13-,15-/m0/s1. The van der Waals surface area contributed by atoms with Crippen LogP contribution in [0.5, 0.6) is 5.75 Å². The van der Waals surface area contributed by atoms with Crippen LogP contribution in [-0.2, 0) is 20.8 Å². The van der Waals surface area contributed by atoms with Gasteiger partial charge in [0.1, 0.15) is 11.8 Å². The van der Waals surface area contributed by atoms with Crippen LogP contribution < -0.4 is 10.1 Å². The van der Waals surface area contributed by atoms with E-state index >= 15 is 0 Å². The summed E-state index contributed by atoms with van der Waals surface area (Å²) in [6, 6.07) is 6.56. The van der Waals surface area contributed by atoms with E-state index in [1.165, 1.54) is 4.90 Å². The zero-order valence-corrected chi connectivity index (χ0v) is 14.5. The molecule has 0 spiro atoms. The zero-order valence-electron chi connectivity index (χ0n) is 14.5. The first-order chi connectivity index (χ1) is 12.0. The maximum atomic E-state index is 12.6. The average molecular weight is 348 g/mol. The molecule has 0 aromatic heterocycles. The van der Waals surface area contributed by atoms with Crippen molar-refractivity contribution in [3.63, 3.8) is 0 Å². The van der Waals surface area contributed by atoms with Crippen LogP contribution in [0.4, 0.5) is 0 Å².